The Labute approximate surface area is 84.1 Å². The van der Waals surface area contributed by atoms with Crippen molar-refractivity contribution < 1.29 is 0 Å². The van der Waals surface area contributed by atoms with Crippen molar-refractivity contribution in [1.29, 1.82) is 0 Å². The fraction of sp³-hybridized carbons (Fsp3) is 1.00. The summed E-state index contributed by atoms with van der Waals surface area (Å²) in [5.74, 6) is 1.95. The van der Waals surface area contributed by atoms with Gasteiger partial charge in [0.2, 0.25) is 0 Å². The van der Waals surface area contributed by atoms with E-state index in [2.05, 4.69) is 27.7 Å². The van der Waals surface area contributed by atoms with Gasteiger partial charge in [0.15, 0.2) is 0 Å². The van der Waals surface area contributed by atoms with E-state index in [1.54, 1.807) is 0 Å². The summed E-state index contributed by atoms with van der Waals surface area (Å²) >= 11 is 0. The topological polar surface area (TPSA) is 0 Å². The first-order chi connectivity index (χ1) is 6.12. The zero-order chi connectivity index (χ0) is 9.90. The lowest BCUT2D eigenvalue weighted by Gasteiger charge is -2.39. The second-order valence-corrected chi connectivity index (χ2v) is 5.32. The molecule has 0 bridgehead atoms. The highest BCUT2D eigenvalue weighted by atomic mass is 14.4. The molecule has 0 unspecified atom stereocenters. The third kappa shape index (κ3) is 2.27. The van der Waals surface area contributed by atoms with Gasteiger partial charge in [0.25, 0.3) is 0 Å². The predicted octanol–water partition coefficient (Wildman–Crippen LogP) is 4.64. The maximum Gasteiger partial charge on any atom is -0.0298 e. The molecule has 13 heavy (non-hydrogen) atoms. The molecule has 0 heterocycles. The minimum Gasteiger partial charge on any atom is -0.0651 e. The van der Waals surface area contributed by atoms with Crippen LogP contribution in [0.4, 0.5) is 0 Å². The Morgan fingerprint density at radius 3 is 1.92 bits per heavy atom. The first-order valence-electron chi connectivity index (χ1n) is 6.12. The molecule has 0 spiro atoms. The Kier molecular flexibility index (Phi) is 3.82. The van der Waals surface area contributed by atoms with E-state index in [0.29, 0.717) is 5.41 Å². The van der Waals surface area contributed by atoms with Gasteiger partial charge in [0.1, 0.15) is 0 Å². The van der Waals surface area contributed by atoms with Crippen LogP contribution in [0.2, 0.25) is 0 Å². The quantitative estimate of drug-likeness (QED) is 0.594. The average molecular weight is 182 g/mol. The molecule has 0 saturated heterocycles. The van der Waals surface area contributed by atoms with Gasteiger partial charge < -0.3 is 0 Å². The molecule has 1 aliphatic rings. The molecule has 0 nitrogen and oxygen atoms in total. The van der Waals surface area contributed by atoms with E-state index in [9.17, 15) is 0 Å². The predicted molar refractivity (Wildman–Crippen MR) is 59.8 cm³/mol. The van der Waals surface area contributed by atoms with Crippen molar-refractivity contribution in [3.05, 3.63) is 0 Å². The van der Waals surface area contributed by atoms with Gasteiger partial charge in [0.05, 0.1) is 0 Å². The molecule has 0 heteroatoms. The van der Waals surface area contributed by atoms with Gasteiger partial charge >= 0.3 is 0 Å². The van der Waals surface area contributed by atoms with Crippen LogP contribution in [0, 0.1) is 17.3 Å². The van der Waals surface area contributed by atoms with Gasteiger partial charge in [0, 0.05) is 0 Å². The Bertz CT molecular complexity index is 132. The molecule has 0 aliphatic heterocycles. The lowest BCUT2D eigenvalue weighted by Crippen LogP contribution is -2.30. The van der Waals surface area contributed by atoms with Crippen molar-refractivity contribution in [3.63, 3.8) is 0 Å². The van der Waals surface area contributed by atoms with Crippen molar-refractivity contribution >= 4 is 0 Å². The minimum absolute atomic E-state index is 0.597. The molecule has 0 N–H and O–H groups in total. The lowest BCUT2D eigenvalue weighted by molar-refractivity contribution is 0.109. The van der Waals surface area contributed by atoms with Crippen molar-refractivity contribution in [2.45, 2.75) is 66.2 Å². The summed E-state index contributed by atoms with van der Waals surface area (Å²) in [6, 6.07) is 0. The molecule has 0 atom stereocenters. The summed E-state index contributed by atoms with van der Waals surface area (Å²) in [7, 11) is 0. The molecule has 1 saturated carbocycles. The fourth-order valence-corrected chi connectivity index (χ4v) is 3.34. The van der Waals surface area contributed by atoms with Gasteiger partial charge in [-0.25, -0.2) is 0 Å². The molecule has 0 aromatic heterocycles. The number of hydrogen-bond acceptors (Lipinski definition) is 0. The van der Waals surface area contributed by atoms with Gasteiger partial charge in [-0.15, -0.1) is 0 Å². The van der Waals surface area contributed by atoms with Gasteiger partial charge in [-0.3, -0.25) is 0 Å². The molecular weight excluding hydrogens is 156 g/mol. The second-order valence-electron chi connectivity index (χ2n) is 5.32. The van der Waals surface area contributed by atoms with Crippen molar-refractivity contribution in [2.24, 2.45) is 17.3 Å². The van der Waals surface area contributed by atoms with E-state index in [-0.39, 0.29) is 0 Å². The summed E-state index contributed by atoms with van der Waals surface area (Å²) < 4.78 is 0. The lowest BCUT2D eigenvalue weighted by atomic mass is 9.67. The summed E-state index contributed by atoms with van der Waals surface area (Å²) in [6.07, 6.45) is 8.66. The third-order valence-corrected chi connectivity index (χ3v) is 4.45. The molecule has 1 rings (SSSR count). The fourth-order valence-electron chi connectivity index (χ4n) is 3.34. The summed E-state index contributed by atoms with van der Waals surface area (Å²) in [6.45, 7) is 9.71. The highest BCUT2D eigenvalue weighted by molar-refractivity contribution is 4.86. The van der Waals surface area contributed by atoms with Crippen LogP contribution in [-0.2, 0) is 0 Å². The Morgan fingerprint density at radius 2 is 1.54 bits per heavy atom. The highest BCUT2D eigenvalue weighted by Gasteiger charge is 2.36. The van der Waals surface area contributed by atoms with Crippen LogP contribution in [0.5, 0.6) is 0 Å². The van der Waals surface area contributed by atoms with Gasteiger partial charge in [-0.05, 0) is 30.1 Å². The smallest absolute Gasteiger partial charge is 0.0298 e. The molecule has 0 amide bonds. The van der Waals surface area contributed by atoms with E-state index in [0.717, 1.165) is 11.8 Å². The molecule has 78 valence electrons. The summed E-state index contributed by atoms with van der Waals surface area (Å²) in [5, 5.41) is 0. The summed E-state index contributed by atoms with van der Waals surface area (Å²) in [4.78, 5) is 0. The average Bonchev–Trinajstić information content (AvgIpc) is 2.58. The molecule has 1 fully saturated rings. The number of hydrogen-bond donors (Lipinski definition) is 0. The molecular formula is C13H26. The third-order valence-electron chi connectivity index (χ3n) is 4.45. The maximum absolute atomic E-state index is 2.50. The van der Waals surface area contributed by atoms with Crippen LogP contribution >= 0.6 is 0 Å². The number of rotatable bonds is 4. The maximum atomic E-state index is 2.50. The van der Waals surface area contributed by atoms with Crippen molar-refractivity contribution in [2.75, 3.05) is 0 Å². The van der Waals surface area contributed by atoms with Crippen LogP contribution < -0.4 is 0 Å². The minimum atomic E-state index is 0.597. The van der Waals surface area contributed by atoms with Crippen LogP contribution in [0.1, 0.15) is 66.2 Å². The Balaban J connectivity index is 2.60. The molecule has 0 aromatic rings. The normalized spacial score (nSPS) is 20.1. The zero-order valence-corrected chi connectivity index (χ0v) is 9.90. The molecule has 1 aliphatic carbocycles. The van der Waals surface area contributed by atoms with E-state index < -0.39 is 0 Å². The SMILES string of the molecule is CCC(CC)C(C)(C)C1CCCC1. The van der Waals surface area contributed by atoms with E-state index in [1.165, 1.54) is 38.5 Å². The van der Waals surface area contributed by atoms with E-state index >= 15 is 0 Å². The van der Waals surface area contributed by atoms with E-state index in [1.807, 2.05) is 0 Å². The van der Waals surface area contributed by atoms with Crippen LogP contribution in [0.3, 0.4) is 0 Å². The highest BCUT2D eigenvalue weighted by Crippen LogP contribution is 2.46. The standard InChI is InChI=1S/C13H26/c1-5-11(6-2)13(3,4)12-9-7-8-10-12/h11-12H,5-10H2,1-4H3. The Morgan fingerprint density at radius 1 is 1.08 bits per heavy atom. The largest absolute Gasteiger partial charge is 0.0651 e. The molecule has 0 radical (unpaired) electrons. The van der Waals surface area contributed by atoms with Gasteiger partial charge in [-0.2, -0.15) is 0 Å². The monoisotopic (exact) mass is 182 g/mol. The van der Waals surface area contributed by atoms with Crippen LogP contribution in [-0.4, -0.2) is 0 Å². The van der Waals surface area contributed by atoms with Crippen LogP contribution in [0.25, 0.3) is 0 Å². The van der Waals surface area contributed by atoms with Gasteiger partial charge in [-0.1, -0.05) is 53.4 Å². The van der Waals surface area contributed by atoms with Crippen molar-refractivity contribution in [1.82, 2.24) is 0 Å². The summed E-state index contributed by atoms with van der Waals surface area (Å²) in [5.41, 5.74) is 0.597. The molecule has 0 aromatic carbocycles. The van der Waals surface area contributed by atoms with Crippen LogP contribution in [0.15, 0.2) is 0 Å². The van der Waals surface area contributed by atoms with Crippen molar-refractivity contribution in [3.8, 4) is 0 Å². The Hall–Kier alpha value is 0. The van der Waals surface area contributed by atoms with E-state index in [4.69, 9.17) is 0 Å². The second kappa shape index (κ2) is 4.48. The zero-order valence-electron chi connectivity index (χ0n) is 9.90. The first-order valence-corrected chi connectivity index (χ1v) is 6.12. The first kappa shape index (κ1) is 11.1.